The number of hydrogen-bond donors (Lipinski definition) is 6. The summed E-state index contributed by atoms with van der Waals surface area (Å²) in [5, 5.41) is 56.5. The highest BCUT2D eigenvalue weighted by Crippen LogP contribution is 2.26. The van der Waals surface area contributed by atoms with Crippen molar-refractivity contribution in [1.29, 1.82) is 0 Å². The molecule has 1 heterocycles. The van der Waals surface area contributed by atoms with Gasteiger partial charge in [0.15, 0.2) is 12.4 Å². The number of aliphatic hydroxyl groups is 5. The molecule has 1 amide bonds. The molecule has 1 rings (SSSR count). The van der Waals surface area contributed by atoms with Crippen LogP contribution < -0.4 is 5.32 Å². The summed E-state index contributed by atoms with van der Waals surface area (Å²) in [6.07, 6.45) is 37.7. The third kappa shape index (κ3) is 32.3. The molecule has 0 aromatic rings. The third-order valence-electron chi connectivity index (χ3n) is 12.5. The Kier molecular flexibility index (Phi) is 40.5. The number of rotatable bonds is 44. The summed E-state index contributed by atoms with van der Waals surface area (Å²) >= 11 is 0. The molecule has 1 fully saturated rings. The Balaban J connectivity index is 2.80. The molecule has 1 saturated heterocycles. The molecule has 11 heteroatoms. The molecule has 0 spiro atoms. The Morgan fingerprint density at radius 2 is 1.03 bits per heavy atom. The lowest BCUT2D eigenvalue weighted by molar-refractivity contribution is -0.305. The van der Waals surface area contributed by atoms with Crippen molar-refractivity contribution in [3.63, 3.8) is 0 Å². The Morgan fingerprint density at radius 3 is 1.54 bits per heavy atom. The summed E-state index contributed by atoms with van der Waals surface area (Å²) in [4.78, 5) is 26.3. The maximum absolute atomic E-state index is 13.3. The predicted molar refractivity (Wildman–Crippen MR) is 264 cm³/mol. The minimum absolute atomic E-state index is 0.112. The van der Waals surface area contributed by atoms with Crippen LogP contribution in [0.15, 0.2) is 36.5 Å². The fourth-order valence-electron chi connectivity index (χ4n) is 8.15. The molecule has 0 saturated carbocycles. The second kappa shape index (κ2) is 43.2. The maximum Gasteiger partial charge on any atom is 0.306 e. The number of unbranched alkanes of at least 4 members (excludes halogenated alkanes) is 26. The van der Waals surface area contributed by atoms with E-state index in [2.05, 4.69) is 50.4 Å². The minimum atomic E-state index is -1.61. The molecule has 11 nitrogen and oxygen atoms in total. The van der Waals surface area contributed by atoms with Crippen LogP contribution in [-0.4, -0.2) is 99.6 Å². The zero-order valence-electron chi connectivity index (χ0n) is 41.6. The van der Waals surface area contributed by atoms with E-state index in [4.69, 9.17) is 14.2 Å². The number of aliphatic hydroxyl groups excluding tert-OH is 5. The molecular weight excluding hydrogens is 823 g/mol. The molecular formula is C54H99NO10. The zero-order chi connectivity index (χ0) is 47.6. The Hall–Kier alpha value is -2.12. The minimum Gasteiger partial charge on any atom is -0.454 e. The SMILES string of the molecule is CCCC/C=C\CCCCCCCC(=O)OC1C(OCC(NC(=O)C(O)CCCC/C=C\CCCCCCCCC)C(O)/C=C/CCCCCCCCCCCC)OC(CO)C(O)C1O. The van der Waals surface area contributed by atoms with Gasteiger partial charge in [-0.05, 0) is 70.6 Å². The van der Waals surface area contributed by atoms with Crippen LogP contribution in [0.25, 0.3) is 0 Å². The lowest BCUT2D eigenvalue weighted by atomic mass is 9.99. The molecule has 1 aliphatic rings. The number of carbonyl (C=O) groups is 2. The maximum atomic E-state index is 13.3. The van der Waals surface area contributed by atoms with E-state index in [1.54, 1.807) is 6.08 Å². The van der Waals surface area contributed by atoms with Gasteiger partial charge in [-0.15, -0.1) is 0 Å². The fraction of sp³-hybridized carbons (Fsp3) is 0.852. The van der Waals surface area contributed by atoms with Crippen LogP contribution in [0.1, 0.15) is 233 Å². The molecule has 8 atom stereocenters. The predicted octanol–water partition coefficient (Wildman–Crippen LogP) is 11.2. The van der Waals surface area contributed by atoms with Gasteiger partial charge in [0.2, 0.25) is 5.91 Å². The molecule has 0 aromatic heterocycles. The van der Waals surface area contributed by atoms with Crippen LogP contribution in [0, 0.1) is 0 Å². The van der Waals surface area contributed by atoms with Crippen molar-refractivity contribution in [2.45, 2.75) is 282 Å². The van der Waals surface area contributed by atoms with Crippen molar-refractivity contribution in [2.24, 2.45) is 0 Å². The van der Waals surface area contributed by atoms with E-state index in [0.717, 1.165) is 77.0 Å². The standard InChI is InChI=1S/C54H99NO10/c1-4-7-10-13-16-19-22-24-27-29-32-35-38-41-47(58)53(62)55-45(46(57)40-37-34-31-28-26-23-20-17-14-11-8-5-2)44-63-54-52(51(61)50(60)48(43-56)64-54)65-49(59)42-39-36-33-30-25-21-18-15-12-9-6-3/h15,18,27,29,37,40,45-48,50-52,54,56-58,60-61H,4-14,16-17,19-26,28,30-36,38-39,41-44H2,1-3H3,(H,55,62)/b18-15-,29-27-,40-37+. The summed E-state index contributed by atoms with van der Waals surface area (Å²) in [5.41, 5.74) is 0. The van der Waals surface area contributed by atoms with E-state index in [9.17, 15) is 35.1 Å². The molecule has 0 radical (unpaired) electrons. The molecule has 0 bridgehead atoms. The number of nitrogens with one attached hydrogen (secondary N) is 1. The first kappa shape index (κ1) is 60.9. The second-order valence-electron chi connectivity index (χ2n) is 18.6. The van der Waals surface area contributed by atoms with Crippen LogP contribution in [0.3, 0.4) is 0 Å². The Bertz CT molecular complexity index is 1200. The average molecular weight is 922 g/mol. The van der Waals surface area contributed by atoms with Crippen LogP contribution in [0.5, 0.6) is 0 Å². The first-order valence-electron chi connectivity index (χ1n) is 26.8. The summed E-state index contributed by atoms with van der Waals surface area (Å²) in [5.74, 6) is -1.22. The number of carbonyl (C=O) groups excluding carboxylic acids is 2. The number of hydrogen-bond acceptors (Lipinski definition) is 10. The first-order chi connectivity index (χ1) is 31.7. The van der Waals surface area contributed by atoms with Crippen LogP contribution in [0.2, 0.25) is 0 Å². The van der Waals surface area contributed by atoms with Crippen molar-refractivity contribution in [2.75, 3.05) is 13.2 Å². The van der Waals surface area contributed by atoms with Crippen molar-refractivity contribution in [3.8, 4) is 0 Å². The van der Waals surface area contributed by atoms with Crippen molar-refractivity contribution < 1.29 is 49.3 Å². The number of amides is 1. The molecule has 8 unspecified atom stereocenters. The molecule has 0 aliphatic carbocycles. The summed E-state index contributed by atoms with van der Waals surface area (Å²) < 4.78 is 17.5. The fourth-order valence-corrected chi connectivity index (χ4v) is 8.15. The number of allylic oxidation sites excluding steroid dienone is 5. The van der Waals surface area contributed by atoms with E-state index in [1.165, 1.54) is 109 Å². The number of esters is 1. The molecule has 1 aliphatic heterocycles. The van der Waals surface area contributed by atoms with Gasteiger partial charge in [-0.25, -0.2) is 0 Å². The third-order valence-corrected chi connectivity index (χ3v) is 12.5. The van der Waals surface area contributed by atoms with E-state index in [1.807, 2.05) is 6.08 Å². The van der Waals surface area contributed by atoms with Gasteiger partial charge in [0.05, 0.1) is 25.4 Å². The van der Waals surface area contributed by atoms with E-state index in [-0.39, 0.29) is 19.4 Å². The highest BCUT2D eigenvalue weighted by atomic mass is 16.7. The summed E-state index contributed by atoms with van der Waals surface area (Å²) in [6.45, 7) is 5.70. The number of ether oxygens (including phenoxy) is 3. The van der Waals surface area contributed by atoms with Crippen LogP contribution in [-0.2, 0) is 23.8 Å². The topological polar surface area (TPSA) is 175 Å². The van der Waals surface area contributed by atoms with Gasteiger partial charge in [-0.3, -0.25) is 9.59 Å². The van der Waals surface area contributed by atoms with Gasteiger partial charge in [-0.1, -0.05) is 192 Å². The average Bonchev–Trinajstić information content (AvgIpc) is 3.30. The lowest BCUT2D eigenvalue weighted by Crippen LogP contribution is -2.61. The highest BCUT2D eigenvalue weighted by molar-refractivity contribution is 5.80. The largest absolute Gasteiger partial charge is 0.454 e. The van der Waals surface area contributed by atoms with Gasteiger partial charge in [0.25, 0.3) is 0 Å². The monoisotopic (exact) mass is 922 g/mol. The van der Waals surface area contributed by atoms with E-state index in [0.29, 0.717) is 12.8 Å². The van der Waals surface area contributed by atoms with Crippen LogP contribution >= 0.6 is 0 Å². The molecule has 380 valence electrons. The summed E-state index contributed by atoms with van der Waals surface area (Å²) in [6, 6.07) is -1.03. The van der Waals surface area contributed by atoms with Crippen molar-refractivity contribution in [1.82, 2.24) is 5.32 Å². The smallest absolute Gasteiger partial charge is 0.306 e. The molecule has 0 aromatic carbocycles. The summed E-state index contributed by atoms with van der Waals surface area (Å²) in [7, 11) is 0. The van der Waals surface area contributed by atoms with Crippen LogP contribution in [0.4, 0.5) is 0 Å². The molecule has 65 heavy (non-hydrogen) atoms. The zero-order valence-corrected chi connectivity index (χ0v) is 41.6. The Morgan fingerprint density at radius 1 is 0.585 bits per heavy atom. The lowest BCUT2D eigenvalue weighted by Gasteiger charge is -2.41. The van der Waals surface area contributed by atoms with Crippen molar-refractivity contribution >= 4 is 11.9 Å². The van der Waals surface area contributed by atoms with E-state index >= 15 is 0 Å². The van der Waals surface area contributed by atoms with Gasteiger partial charge in [0, 0.05) is 6.42 Å². The van der Waals surface area contributed by atoms with Gasteiger partial charge in [-0.2, -0.15) is 0 Å². The van der Waals surface area contributed by atoms with Crippen molar-refractivity contribution in [3.05, 3.63) is 36.5 Å². The second-order valence-corrected chi connectivity index (χ2v) is 18.6. The van der Waals surface area contributed by atoms with Gasteiger partial charge in [0.1, 0.15) is 24.4 Å². The normalized spacial score (nSPS) is 20.5. The highest BCUT2D eigenvalue weighted by Gasteiger charge is 2.47. The van der Waals surface area contributed by atoms with E-state index < -0.39 is 67.4 Å². The first-order valence-corrected chi connectivity index (χ1v) is 26.8. The Labute approximate surface area is 396 Å². The quantitative estimate of drug-likeness (QED) is 0.0196. The van der Waals surface area contributed by atoms with Gasteiger partial charge >= 0.3 is 5.97 Å². The molecule has 6 N–H and O–H groups in total. The van der Waals surface area contributed by atoms with Gasteiger partial charge < -0.3 is 45.1 Å².